The van der Waals surface area contributed by atoms with Crippen LogP contribution in [0.25, 0.3) is 0 Å². The smallest absolute Gasteiger partial charge is 0.292 e. The largest absolute Gasteiger partial charge is 0.435 e. The maximum atomic E-state index is 13.2. The lowest BCUT2D eigenvalue weighted by molar-refractivity contribution is -0.124. The van der Waals surface area contributed by atoms with Gasteiger partial charge in [-0.2, -0.15) is 0 Å². The van der Waals surface area contributed by atoms with Gasteiger partial charge in [-0.15, -0.1) is 0 Å². The summed E-state index contributed by atoms with van der Waals surface area (Å²) in [5.74, 6) is 0.987. The molecule has 25 heavy (non-hydrogen) atoms. The van der Waals surface area contributed by atoms with Crippen LogP contribution in [0.3, 0.4) is 0 Å². The van der Waals surface area contributed by atoms with E-state index in [0.29, 0.717) is 49.4 Å². The molecule has 0 aliphatic carbocycles. The molecule has 3 atom stereocenters. The van der Waals surface area contributed by atoms with Gasteiger partial charge in [-0.3, -0.25) is 9.59 Å². The van der Waals surface area contributed by atoms with Crippen molar-refractivity contribution in [3.8, 4) is 0 Å². The number of oxazole rings is 1. The van der Waals surface area contributed by atoms with Gasteiger partial charge in [-0.05, 0) is 13.3 Å². The standard InChI is InChI=1S/C18H27N3O4/c1-5-15-20-11(4)16(25-15)18(23)21-13(7-19-17(22)10(2)3)6-12-8-24-9-14(12)21/h10,12-14H,5-9H2,1-4H3,(H,19,22). The van der Waals surface area contributed by atoms with Crippen molar-refractivity contribution in [2.45, 2.75) is 52.6 Å². The van der Waals surface area contributed by atoms with Gasteiger partial charge in [0, 0.05) is 24.8 Å². The molecule has 2 fully saturated rings. The number of nitrogens with one attached hydrogen (secondary N) is 1. The van der Waals surface area contributed by atoms with E-state index in [1.807, 2.05) is 25.7 Å². The first kappa shape index (κ1) is 17.9. The lowest BCUT2D eigenvalue weighted by atomic mass is 10.0. The SMILES string of the molecule is CCc1nc(C)c(C(=O)N2C(CNC(=O)C(C)C)CC3COCC32)o1. The Hall–Kier alpha value is -1.89. The Morgan fingerprint density at radius 1 is 1.36 bits per heavy atom. The molecule has 1 aromatic rings. The molecule has 2 aliphatic heterocycles. The van der Waals surface area contributed by atoms with E-state index in [1.54, 1.807) is 6.92 Å². The lowest BCUT2D eigenvalue weighted by Gasteiger charge is -2.29. The summed E-state index contributed by atoms with van der Waals surface area (Å²) in [6.45, 7) is 9.13. The highest BCUT2D eigenvalue weighted by Crippen LogP contribution is 2.35. The Labute approximate surface area is 148 Å². The Balaban J connectivity index is 1.79. The van der Waals surface area contributed by atoms with E-state index in [4.69, 9.17) is 9.15 Å². The van der Waals surface area contributed by atoms with Crippen molar-refractivity contribution in [2.75, 3.05) is 19.8 Å². The third-order valence-electron chi connectivity index (χ3n) is 5.10. The van der Waals surface area contributed by atoms with Crippen LogP contribution in [0.5, 0.6) is 0 Å². The van der Waals surface area contributed by atoms with Crippen molar-refractivity contribution in [1.29, 1.82) is 0 Å². The molecule has 3 unspecified atom stereocenters. The fourth-order valence-corrected chi connectivity index (χ4v) is 3.69. The fraction of sp³-hybridized carbons (Fsp3) is 0.722. The normalized spacial score (nSPS) is 25.5. The summed E-state index contributed by atoms with van der Waals surface area (Å²) in [5.41, 5.74) is 0.620. The molecule has 138 valence electrons. The second kappa shape index (κ2) is 7.15. The number of aryl methyl sites for hydroxylation is 2. The van der Waals surface area contributed by atoms with Crippen LogP contribution in [0.1, 0.15) is 49.3 Å². The third kappa shape index (κ3) is 3.42. The number of likely N-dealkylation sites (tertiary alicyclic amines) is 1. The van der Waals surface area contributed by atoms with Crippen LogP contribution >= 0.6 is 0 Å². The van der Waals surface area contributed by atoms with Crippen molar-refractivity contribution < 1.29 is 18.7 Å². The number of carbonyl (C=O) groups excluding carboxylic acids is 2. The van der Waals surface area contributed by atoms with E-state index in [-0.39, 0.29) is 29.8 Å². The first-order valence-electron chi connectivity index (χ1n) is 9.06. The van der Waals surface area contributed by atoms with Crippen LogP contribution in [-0.2, 0) is 16.0 Å². The fourth-order valence-electron chi connectivity index (χ4n) is 3.69. The summed E-state index contributed by atoms with van der Waals surface area (Å²) in [5, 5.41) is 2.96. The van der Waals surface area contributed by atoms with Crippen LogP contribution in [0.2, 0.25) is 0 Å². The minimum Gasteiger partial charge on any atom is -0.435 e. The molecule has 0 radical (unpaired) electrons. The molecule has 2 amide bonds. The number of fused-ring (bicyclic) bond motifs is 1. The number of nitrogens with zero attached hydrogens (tertiary/aromatic N) is 2. The van der Waals surface area contributed by atoms with Gasteiger partial charge in [0.15, 0.2) is 5.89 Å². The number of hydrogen-bond acceptors (Lipinski definition) is 5. The van der Waals surface area contributed by atoms with Crippen molar-refractivity contribution in [2.24, 2.45) is 11.8 Å². The van der Waals surface area contributed by atoms with Gasteiger partial charge in [-0.1, -0.05) is 20.8 Å². The summed E-state index contributed by atoms with van der Waals surface area (Å²) < 4.78 is 11.2. The molecule has 3 heterocycles. The molecule has 0 saturated carbocycles. The number of amides is 2. The number of aromatic nitrogens is 1. The summed E-state index contributed by atoms with van der Waals surface area (Å²) in [4.78, 5) is 31.2. The number of carbonyl (C=O) groups is 2. The Bertz CT molecular complexity index is 655. The second-order valence-corrected chi connectivity index (χ2v) is 7.24. The molecular weight excluding hydrogens is 322 g/mol. The first-order valence-corrected chi connectivity index (χ1v) is 9.06. The van der Waals surface area contributed by atoms with E-state index >= 15 is 0 Å². The molecule has 0 aromatic carbocycles. The summed E-state index contributed by atoms with van der Waals surface area (Å²) >= 11 is 0. The third-order valence-corrected chi connectivity index (χ3v) is 5.10. The Kier molecular flexibility index (Phi) is 5.13. The predicted molar refractivity (Wildman–Crippen MR) is 91.1 cm³/mol. The molecule has 7 nitrogen and oxygen atoms in total. The summed E-state index contributed by atoms with van der Waals surface area (Å²) in [6, 6.07) is 0.00621. The highest BCUT2D eigenvalue weighted by atomic mass is 16.5. The number of rotatable bonds is 5. The predicted octanol–water partition coefficient (Wildman–Crippen LogP) is 1.55. The first-order chi connectivity index (χ1) is 11.9. The summed E-state index contributed by atoms with van der Waals surface area (Å²) in [7, 11) is 0. The van der Waals surface area contributed by atoms with E-state index in [9.17, 15) is 9.59 Å². The minimum atomic E-state index is -0.147. The van der Waals surface area contributed by atoms with Crippen molar-refractivity contribution in [1.82, 2.24) is 15.2 Å². The van der Waals surface area contributed by atoms with Crippen molar-refractivity contribution >= 4 is 11.8 Å². The summed E-state index contributed by atoms with van der Waals surface area (Å²) in [6.07, 6.45) is 1.49. The van der Waals surface area contributed by atoms with Crippen LogP contribution in [0.15, 0.2) is 4.42 Å². The molecule has 1 aromatic heterocycles. The molecule has 7 heteroatoms. The van der Waals surface area contributed by atoms with Gasteiger partial charge < -0.3 is 19.4 Å². The average molecular weight is 349 g/mol. The lowest BCUT2D eigenvalue weighted by Crippen LogP contribution is -2.48. The van der Waals surface area contributed by atoms with E-state index in [0.717, 1.165) is 6.42 Å². The molecule has 0 spiro atoms. The van der Waals surface area contributed by atoms with Gasteiger partial charge in [0.1, 0.15) is 0 Å². The maximum absolute atomic E-state index is 13.2. The molecule has 0 bridgehead atoms. The minimum absolute atomic E-state index is 0.00447. The van der Waals surface area contributed by atoms with Gasteiger partial charge in [0.25, 0.3) is 5.91 Å². The zero-order valence-electron chi connectivity index (χ0n) is 15.4. The van der Waals surface area contributed by atoms with Gasteiger partial charge >= 0.3 is 0 Å². The van der Waals surface area contributed by atoms with Gasteiger partial charge in [0.05, 0.1) is 31.0 Å². The van der Waals surface area contributed by atoms with Crippen molar-refractivity contribution in [3.05, 3.63) is 17.3 Å². The van der Waals surface area contributed by atoms with Crippen LogP contribution in [0.4, 0.5) is 0 Å². The van der Waals surface area contributed by atoms with Gasteiger partial charge in [0.2, 0.25) is 11.7 Å². The van der Waals surface area contributed by atoms with Crippen LogP contribution in [0, 0.1) is 18.8 Å². The monoisotopic (exact) mass is 349 g/mol. The van der Waals surface area contributed by atoms with Crippen LogP contribution < -0.4 is 5.32 Å². The molecule has 2 saturated heterocycles. The number of ether oxygens (including phenoxy) is 1. The zero-order chi connectivity index (χ0) is 18.1. The molecular formula is C18H27N3O4. The second-order valence-electron chi connectivity index (χ2n) is 7.24. The number of hydrogen-bond donors (Lipinski definition) is 1. The Morgan fingerprint density at radius 3 is 2.76 bits per heavy atom. The molecule has 2 aliphatic rings. The molecule has 3 rings (SSSR count). The zero-order valence-corrected chi connectivity index (χ0v) is 15.4. The topological polar surface area (TPSA) is 84.7 Å². The Morgan fingerprint density at radius 2 is 2.12 bits per heavy atom. The van der Waals surface area contributed by atoms with E-state index in [2.05, 4.69) is 10.3 Å². The molecule has 1 N–H and O–H groups in total. The maximum Gasteiger partial charge on any atom is 0.292 e. The highest BCUT2D eigenvalue weighted by Gasteiger charge is 2.48. The van der Waals surface area contributed by atoms with Crippen molar-refractivity contribution in [3.63, 3.8) is 0 Å². The van der Waals surface area contributed by atoms with E-state index in [1.165, 1.54) is 0 Å². The van der Waals surface area contributed by atoms with Crippen LogP contribution in [-0.4, -0.2) is 53.5 Å². The van der Waals surface area contributed by atoms with E-state index < -0.39 is 0 Å². The average Bonchev–Trinajstić information content (AvgIpc) is 3.25. The highest BCUT2D eigenvalue weighted by molar-refractivity contribution is 5.93. The van der Waals surface area contributed by atoms with Gasteiger partial charge in [-0.25, -0.2) is 4.98 Å². The quantitative estimate of drug-likeness (QED) is 0.872.